The summed E-state index contributed by atoms with van der Waals surface area (Å²) in [4.78, 5) is 0. The number of rotatable bonds is 0. The van der Waals surface area contributed by atoms with Crippen molar-refractivity contribution in [2.75, 3.05) is 0 Å². The van der Waals surface area contributed by atoms with Crippen LogP contribution in [0.4, 0.5) is 0 Å². The molecule has 17 heavy (non-hydrogen) atoms. The largest absolute Gasteiger partial charge is 4.00 e. The third kappa shape index (κ3) is 5520. The molecule has 0 fully saturated rings. The third-order valence-electron chi connectivity index (χ3n) is 0. The van der Waals surface area contributed by atoms with Gasteiger partial charge in [-0.3, -0.25) is 25.3 Å². The van der Waals surface area contributed by atoms with Gasteiger partial charge in [0.15, 0.2) is 0 Å². The van der Waals surface area contributed by atoms with Crippen molar-refractivity contribution in [2.45, 2.75) is 0 Å². The van der Waals surface area contributed by atoms with E-state index in [1.165, 1.54) is 0 Å². The number of hydrogen-bond donors (Lipinski definition) is 0. The Morgan fingerprint density at radius 3 is 0.471 bits per heavy atom. The second kappa shape index (κ2) is 11.9. The van der Waals surface area contributed by atoms with E-state index in [4.69, 9.17) is 52.6 Å². The number of hydrogen-bond acceptors (Lipinski definition) is 12. The fourth-order valence-corrected chi connectivity index (χ4v) is 0. The van der Waals surface area contributed by atoms with E-state index in [-0.39, 0.29) is 38.1 Å². The van der Waals surface area contributed by atoms with E-state index in [2.05, 4.69) is 0 Å². The molecule has 0 unspecified atom stereocenters. The Hall–Kier alpha value is 0.818. The zero-order chi connectivity index (χ0) is 13.5. The fourth-order valence-electron chi connectivity index (χ4n) is 0. The van der Waals surface area contributed by atoms with Crippen LogP contribution >= 0.6 is 0 Å². The molecule has 0 N–H and O–H groups in total. The van der Waals surface area contributed by atoms with Crippen LogP contribution in [0.25, 0.3) is 0 Å². The Kier molecular flexibility index (Phi) is 21.4. The van der Waals surface area contributed by atoms with Gasteiger partial charge < -0.3 is 27.3 Å². The molecule has 0 saturated heterocycles. The molecule has 0 rings (SSSR count). The molecule has 0 aliphatic carbocycles. The Bertz CT molecular complexity index is 343. The van der Waals surface area contributed by atoms with Crippen molar-refractivity contribution in [1.29, 1.82) is 0 Å². The maximum absolute atomic E-state index is 8.52. The molecule has 0 heterocycles. The van der Waals surface area contributed by atoms with E-state index in [9.17, 15) is 0 Å². The smallest absolute Gasteiger partial charge is 0.759 e. The minimum Gasteiger partial charge on any atom is -0.759 e. The summed E-state index contributed by atoms with van der Waals surface area (Å²) in [5.74, 6) is 0. The maximum atomic E-state index is 8.52. The quantitative estimate of drug-likeness (QED) is 0.199. The van der Waals surface area contributed by atoms with Gasteiger partial charge in [0.1, 0.15) is 0 Å². The average molecular weight is 439 g/mol. The van der Waals surface area contributed by atoms with E-state index < -0.39 is 31.2 Å². The molecule has 0 aliphatic rings. The molecule has 17 heteroatoms. The first kappa shape index (κ1) is 30.7. The Labute approximate surface area is 121 Å². The van der Waals surface area contributed by atoms with Crippen molar-refractivity contribution >= 4 is 31.2 Å². The summed E-state index contributed by atoms with van der Waals surface area (Å²) in [6.07, 6.45) is 0. The van der Waals surface area contributed by atoms with Crippen molar-refractivity contribution in [3.05, 3.63) is 0 Å². The van der Waals surface area contributed by atoms with E-state index >= 15 is 0 Å². The van der Waals surface area contributed by atoms with Crippen LogP contribution < -0.4 is 0 Å². The van der Waals surface area contributed by atoms with Crippen molar-refractivity contribution in [1.82, 2.24) is 0 Å². The minimum absolute atomic E-state index is 0. The van der Waals surface area contributed by atoms with Crippen molar-refractivity contribution in [3.63, 3.8) is 0 Å². The first-order valence-electron chi connectivity index (χ1n) is 2.00. The first-order chi connectivity index (χ1) is 6.00. The van der Waals surface area contributed by atoms with E-state index in [1.54, 1.807) is 0 Å². The van der Waals surface area contributed by atoms with Gasteiger partial charge in [-0.1, -0.05) is 0 Å². The summed E-state index contributed by atoms with van der Waals surface area (Å²) in [7, 11) is -15.5. The second-order valence-corrected chi connectivity index (χ2v) is 3.67. The summed E-state index contributed by atoms with van der Waals surface area (Å²) in [5, 5.41) is 0. The molecular weight excluding hydrogens is 439 g/mol. The second-order valence-electron chi connectivity index (χ2n) is 1.22. The van der Waals surface area contributed by atoms with Gasteiger partial charge in [-0.05, 0) is 0 Å². The van der Waals surface area contributed by atoms with Crippen molar-refractivity contribution in [3.8, 4) is 0 Å². The third-order valence-corrected chi connectivity index (χ3v) is 0. The van der Waals surface area contributed by atoms with Gasteiger partial charge in [0.25, 0.3) is 0 Å². The van der Waals surface area contributed by atoms with E-state index in [0.717, 1.165) is 0 Å². The summed E-state index contributed by atoms with van der Waals surface area (Å²) in [6.45, 7) is 0. The predicted molar refractivity (Wildman–Crippen MR) is 31.4 cm³/mol. The van der Waals surface area contributed by atoms with Crippen LogP contribution in [0.3, 0.4) is 0 Å². The van der Waals surface area contributed by atoms with Crippen LogP contribution in [0.5, 0.6) is 0 Å². The fraction of sp³-hybridized carbons (Fsp3) is 0. The van der Waals surface area contributed by atoms with Gasteiger partial charge in [-0.25, -0.2) is 0 Å². The molecule has 1 radical (unpaired) electrons. The van der Waals surface area contributed by atoms with Crippen LogP contribution in [0.2, 0.25) is 0 Å². The van der Waals surface area contributed by atoms with Crippen LogP contribution in [0.15, 0.2) is 0 Å². The minimum atomic E-state index is -5.17. The van der Waals surface area contributed by atoms with Crippen LogP contribution in [-0.4, -0.2) is 52.6 Å². The summed E-state index contributed by atoms with van der Waals surface area (Å²) < 4.78 is 102. The van der Waals surface area contributed by atoms with Crippen molar-refractivity contribution in [2.24, 2.45) is 0 Å². The molecule has 0 atom stereocenters. The van der Waals surface area contributed by atoms with Crippen LogP contribution in [0, 0.1) is 0 Å². The molecule has 0 aromatic carbocycles. The normalized spacial score (nSPS) is 10.2. The van der Waals surface area contributed by atoms with Gasteiger partial charge in [-0.2, -0.15) is 0 Å². The molecule has 0 aromatic rings. The van der Waals surface area contributed by atoms with Crippen molar-refractivity contribution < 1.29 is 90.7 Å². The van der Waals surface area contributed by atoms with Gasteiger partial charge in [0, 0.05) is 31.2 Å². The van der Waals surface area contributed by atoms with E-state index in [1.807, 2.05) is 0 Å². The van der Waals surface area contributed by atoms with Gasteiger partial charge in [0.05, 0.1) is 0 Å². The predicted octanol–water partition coefficient (Wildman–Crippen LogP) is -4.02. The Morgan fingerprint density at radius 1 is 0.471 bits per heavy atom. The Balaban J connectivity index is -0.0000000400. The Morgan fingerprint density at radius 2 is 0.471 bits per heavy atom. The molecule has 0 bridgehead atoms. The average Bonchev–Trinajstić information content (AvgIpc) is 1.41. The summed E-state index contributed by atoms with van der Waals surface area (Å²) in [6, 6.07) is 0. The molecule has 103 valence electrons. The zero-order valence-electron chi connectivity index (χ0n) is 6.91. The standard InChI is InChI=1S/Mn.Mo.3H2O4S/c;;3*1-5(2,3)4/h;;3*(H2,1,2,3,4)/q+2;+4;;;/p-6. The van der Waals surface area contributed by atoms with E-state index in [0.29, 0.717) is 0 Å². The molecule has 0 saturated carbocycles. The SMILES string of the molecule is O=S(=O)([O-])[O-].O=S(=O)([O-])[O-].O=S(=O)([O-])[O-].[Mn+2].[Mo+4]. The molecule has 12 nitrogen and oxygen atoms in total. The van der Waals surface area contributed by atoms with Crippen LogP contribution in [-0.2, 0) is 69.3 Å². The molecule has 0 amide bonds. The molecule has 0 aliphatic heterocycles. The van der Waals surface area contributed by atoms with Crippen LogP contribution in [0.1, 0.15) is 0 Å². The topological polar surface area (TPSA) is 241 Å². The summed E-state index contributed by atoms with van der Waals surface area (Å²) in [5.41, 5.74) is 0. The first-order valence-corrected chi connectivity index (χ1v) is 6.00. The zero-order valence-corrected chi connectivity index (χ0v) is 12.5. The monoisotopic (exact) mass is 441 g/mol. The molecule has 0 aromatic heterocycles. The molecule has 0 spiro atoms. The van der Waals surface area contributed by atoms with Gasteiger partial charge >= 0.3 is 38.1 Å². The van der Waals surface area contributed by atoms with Gasteiger partial charge in [-0.15, -0.1) is 0 Å². The summed E-state index contributed by atoms with van der Waals surface area (Å²) >= 11 is 0. The van der Waals surface area contributed by atoms with Gasteiger partial charge in [0.2, 0.25) is 0 Å². The maximum Gasteiger partial charge on any atom is 4.00 e. The molecular formula is MnMoO12S3.